The average Bonchev–Trinajstić information content (AvgIpc) is 3.60. The molecule has 8 nitrogen and oxygen atoms in total. The Morgan fingerprint density at radius 2 is 1.51 bits per heavy atom. The van der Waals surface area contributed by atoms with Gasteiger partial charge >= 0.3 is 5.97 Å². The van der Waals surface area contributed by atoms with Crippen molar-refractivity contribution in [2.45, 2.75) is 26.1 Å². The lowest BCUT2D eigenvalue weighted by molar-refractivity contribution is -0.185. The van der Waals surface area contributed by atoms with E-state index in [0.29, 0.717) is 58.9 Å². The van der Waals surface area contributed by atoms with E-state index >= 15 is 0 Å². The van der Waals surface area contributed by atoms with Crippen molar-refractivity contribution >= 4 is 40.6 Å². The number of ether oxygens (including phenoxy) is 3. The monoisotopic (exact) mass is 592 g/mol. The summed E-state index contributed by atoms with van der Waals surface area (Å²) in [5.74, 6) is -1.45. The largest absolute Gasteiger partial charge is 0.486 e. The van der Waals surface area contributed by atoms with Crippen LogP contribution in [-0.4, -0.2) is 39.3 Å². The van der Waals surface area contributed by atoms with Crippen molar-refractivity contribution in [3.05, 3.63) is 124 Å². The van der Waals surface area contributed by atoms with Gasteiger partial charge < -0.3 is 19.3 Å². The maximum absolute atomic E-state index is 13.3. The predicted molar refractivity (Wildman–Crippen MR) is 163 cm³/mol. The van der Waals surface area contributed by atoms with Crippen molar-refractivity contribution in [2.75, 3.05) is 13.2 Å². The van der Waals surface area contributed by atoms with Gasteiger partial charge in [-0.2, -0.15) is 8.75 Å². The predicted octanol–water partition coefficient (Wildman–Crippen LogP) is 5.98. The Morgan fingerprint density at radius 1 is 0.837 bits per heavy atom. The summed E-state index contributed by atoms with van der Waals surface area (Å²) in [6.07, 6.45) is 1.17. The molecule has 0 aliphatic carbocycles. The smallest absolute Gasteiger partial charge is 0.342 e. The van der Waals surface area contributed by atoms with E-state index in [1.54, 1.807) is 24.3 Å². The molecule has 216 valence electrons. The van der Waals surface area contributed by atoms with E-state index in [0.717, 1.165) is 40.2 Å². The zero-order chi connectivity index (χ0) is 30.0. The second kappa shape index (κ2) is 11.8. The first kappa shape index (κ1) is 28.3. The van der Waals surface area contributed by atoms with Crippen LogP contribution in [0.1, 0.15) is 38.2 Å². The van der Waals surface area contributed by atoms with Gasteiger partial charge in [-0.05, 0) is 55.3 Å². The van der Waals surface area contributed by atoms with E-state index in [1.165, 1.54) is 5.56 Å². The lowest BCUT2D eigenvalue weighted by atomic mass is 9.87. The summed E-state index contributed by atoms with van der Waals surface area (Å²) >= 11 is 1.11. The molecule has 2 aliphatic rings. The topological polar surface area (TPSA) is 108 Å². The number of carbonyl (C=O) groups is 2. The van der Waals surface area contributed by atoms with Gasteiger partial charge in [-0.3, -0.25) is 4.79 Å². The van der Waals surface area contributed by atoms with E-state index in [-0.39, 0.29) is 0 Å². The highest BCUT2D eigenvalue weighted by molar-refractivity contribution is 7.00. The molecule has 1 N–H and O–H groups in total. The first-order valence-corrected chi connectivity index (χ1v) is 14.5. The van der Waals surface area contributed by atoms with Gasteiger partial charge in [-0.25, -0.2) is 4.79 Å². The SMILES string of the molecule is Cc1ccc(C=O)cc1.Cc1ccc(CC2=C(c3ccc4nsnc4c3)C(=O)OC2(O)c2ccc3c(c2)OCCO3)cc1. The summed E-state index contributed by atoms with van der Waals surface area (Å²) in [6.45, 7) is 4.88. The van der Waals surface area contributed by atoms with Crippen LogP contribution < -0.4 is 9.47 Å². The van der Waals surface area contributed by atoms with Crippen LogP contribution in [-0.2, 0) is 21.7 Å². The quantitative estimate of drug-likeness (QED) is 0.196. The molecule has 1 unspecified atom stereocenters. The first-order chi connectivity index (χ1) is 20.8. The minimum absolute atomic E-state index is 0.319. The Morgan fingerprint density at radius 3 is 2.23 bits per heavy atom. The molecule has 0 saturated carbocycles. The zero-order valence-corrected chi connectivity index (χ0v) is 24.4. The minimum atomic E-state index is -1.96. The van der Waals surface area contributed by atoms with Crippen molar-refractivity contribution in [1.82, 2.24) is 8.75 Å². The maximum Gasteiger partial charge on any atom is 0.342 e. The van der Waals surface area contributed by atoms with Crippen LogP contribution in [0.2, 0.25) is 0 Å². The summed E-state index contributed by atoms with van der Waals surface area (Å²) in [4.78, 5) is 23.4. The van der Waals surface area contributed by atoms with Crippen molar-refractivity contribution in [1.29, 1.82) is 0 Å². The lowest BCUT2D eigenvalue weighted by Gasteiger charge is -2.27. The number of carbonyl (C=O) groups excluding carboxylic acids is 2. The summed E-state index contributed by atoms with van der Waals surface area (Å²) < 4.78 is 25.6. The highest BCUT2D eigenvalue weighted by Crippen LogP contribution is 2.46. The van der Waals surface area contributed by atoms with Crippen LogP contribution >= 0.6 is 11.7 Å². The number of aromatic nitrogens is 2. The molecular weight excluding hydrogens is 564 g/mol. The van der Waals surface area contributed by atoms with Crippen LogP contribution in [0.25, 0.3) is 16.6 Å². The summed E-state index contributed by atoms with van der Waals surface area (Å²) in [5.41, 5.74) is 7.24. The van der Waals surface area contributed by atoms with Crippen LogP contribution in [0.5, 0.6) is 11.5 Å². The average molecular weight is 593 g/mol. The Balaban J connectivity index is 0.000000315. The number of hydrogen-bond donors (Lipinski definition) is 1. The minimum Gasteiger partial charge on any atom is -0.486 e. The first-order valence-electron chi connectivity index (χ1n) is 13.7. The van der Waals surface area contributed by atoms with E-state index in [1.807, 2.05) is 74.5 Å². The fraction of sp³-hybridized carbons (Fsp3) is 0.176. The fourth-order valence-electron chi connectivity index (χ4n) is 5.02. The van der Waals surface area contributed by atoms with Gasteiger partial charge in [0.1, 0.15) is 30.5 Å². The number of aliphatic hydroxyl groups is 1. The second-order valence-electron chi connectivity index (χ2n) is 10.4. The molecule has 0 amide bonds. The maximum atomic E-state index is 13.3. The number of aryl methyl sites for hydroxylation is 2. The lowest BCUT2D eigenvalue weighted by Crippen LogP contribution is -2.30. The third-order valence-electron chi connectivity index (χ3n) is 7.35. The third kappa shape index (κ3) is 5.77. The molecule has 1 atom stereocenters. The number of benzene rings is 4. The van der Waals surface area contributed by atoms with Crippen LogP contribution in [0.4, 0.5) is 0 Å². The number of fused-ring (bicyclic) bond motifs is 2. The molecule has 9 heteroatoms. The molecule has 7 rings (SSSR count). The van der Waals surface area contributed by atoms with Gasteiger partial charge in [0.25, 0.3) is 5.79 Å². The van der Waals surface area contributed by atoms with Crippen molar-refractivity contribution in [3.63, 3.8) is 0 Å². The highest BCUT2D eigenvalue weighted by Gasteiger charge is 2.48. The van der Waals surface area contributed by atoms with Gasteiger partial charge in [0.05, 0.1) is 17.3 Å². The number of aldehydes is 1. The number of rotatable bonds is 5. The number of hydrogen-bond acceptors (Lipinski definition) is 9. The number of esters is 1. The van der Waals surface area contributed by atoms with Crippen LogP contribution in [0.15, 0.2) is 90.5 Å². The Labute approximate surface area is 252 Å². The van der Waals surface area contributed by atoms with Gasteiger partial charge in [0.15, 0.2) is 11.5 Å². The van der Waals surface area contributed by atoms with Crippen molar-refractivity contribution in [2.24, 2.45) is 0 Å². The summed E-state index contributed by atoms with van der Waals surface area (Å²) in [7, 11) is 0. The van der Waals surface area contributed by atoms with Crippen LogP contribution in [0.3, 0.4) is 0 Å². The summed E-state index contributed by atoms with van der Waals surface area (Å²) in [5, 5.41) is 11.9. The highest BCUT2D eigenvalue weighted by atomic mass is 32.1. The molecule has 0 bridgehead atoms. The number of cyclic esters (lactones) is 1. The Hall–Kier alpha value is -4.86. The molecular formula is C34H28N2O6S. The Kier molecular flexibility index (Phi) is 7.75. The molecule has 0 spiro atoms. The number of nitrogens with zero attached hydrogens (tertiary/aromatic N) is 2. The summed E-state index contributed by atoms with van der Waals surface area (Å²) in [6, 6.07) is 26.0. The second-order valence-corrected chi connectivity index (χ2v) is 10.9. The standard InChI is InChI=1S/C26H20N2O5S.C8H8O/c1-15-2-4-16(5-3-15)12-19-24(17-6-8-20-21(13-17)28-34-27-20)25(29)33-26(19,30)18-7-9-22-23(14-18)32-11-10-31-22;1-7-2-4-8(6-9)5-3-7/h2-9,13-14,30H,10-12H2,1H3;2-6H,1H3. The van der Waals surface area contributed by atoms with Gasteiger partial charge in [0, 0.05) is 23.1 Å². The van der Waals surface area contributed by atoms with E-state index in [9.17, 15) is 14.7 Å². The van der Waals surface area contributed by atoms with Gasteiger partial charge in [-0.1, -0.05) is 65.7 Å². The van der Waals surface area contributed by atoms with Gasteiger partial charge in [-0.15, -0.1) is 0 Å². The van der Waals surface area contributed by atoms with Gasteiger partial charge in [0.2, 0.25) is 0 Å². The van der Waals surface area contributed by atoms with E-state index in [2.05, 4.69) is 8.75 Å². The van der Waals surface area contributed by atoms with E-state index < -0.39 is 11.8 Å². The zero-order valence-electron chi connectivity index (χ0n) is 23.6. The Bertz CT molecular complexity index is 1850. The van der Waals surface area contributed by atoms with Crippen molar-refractivity contribution in [3.8, 4) is 11.5 Å². The normalized spacial score (nSPS) is 17.3. The molecule has 3 heterocycles. The molecule has 43 heavy (non-hydrogen) atoms. The molecule has 0 saturated heterocycles. The third-order valence-corrected chi connectivity index (χ3v) is 7.90. The van der Waals surface area contributed by atoms with Crippen molar-refractivity contribution < 1.29 is 28.9 Å². The molecule has 0 fully saturated rings. The fourth-order valence-corrected chi connectivity index (χ4v) is 5.54. The molecule has 4 aromatic carbocycles. The molecule has 0 radical (unpaired) electrons. The van der Waals surface area contributed by atoms with E-state index in [4.69, 9.17) is 14.2 Å². The molecule has 2 aliphatic heterocycles. The molecule has 5 aromatic rings. The van der Waals surface area contributed by atoms with Crippen LogP contribution in [0, 0.1) is 13.8 Å². The molecule has 1 aromatic heterocycles.